The van der Waals surface area contributed by atoms with Crippen LogP contribution in [0.25, 0.3) is 0 Å². The van der Waals surface area contributed by atoms with E-state index in [0.29, 0.717) is 25.1 Å². The van der Waals surface area contributed by atoms with Crippen LogP contribution in [0.3, 0.4) is 0 Å². The van der Waals surface area contributed by atoms with Crippen LogP contribution in [-0.4, -0.2) is 50.0 Å². The van der Waals surface area contributed by atoms with Crippen LogP contribution < -0.4 is 9.62 Å². The van der Waals surface area contributed by atoms with E-state index in [2.05, 4.69) is 5.32 Å². The minimum Gasteiger partial charge on any atom is -0.352 e. The Morgan fingerprint density at radius 2 is 1.60 bits per heavy atom. The number of carbonyl (C=O) groups is 2. The number of benzene rings is 2. The van der Waals surface area contributed by atoms with Crippen molar-refractivity contribution in [3.63, 3.8) is 0 Å². The average molecular weight is 502 g/mol. The highest BCUT2D eigenvalue weighted by molar-refractivity contribution is 7.92. The SMILES string of the molecule is CCC(C)NC(=O)C(CC)N(Cc1ccccc1)C(=O)CCCN(c1ccccc1C)S(C)(=O)=O. The van der Waals surface area contributed by atoms with Gasteiger partial charge in [-0.05, 0) is 50.3 Å². The summed E-state index contributed by atoms with van der Waals surface area (Å²) in [7, 11) is -3.51. The molecule has 0 aliphatic carbocycles. The first-order valence-electron chi connectivity index (χ1n) is 12.3. The molecule has 2 amide bonds. The normalized spacial score (nSPS) is 13.1. The maximum absolute atomic E-state index is 13.4. The van der Waals surface area contributed by atoms with Crippen molar-refractivity contribution >= 4 is 27.5 Å². The summed E-state index contributed by atoms with van der Waals surface area (Å²) in [5.41, 5.74) is 2.40. The first-order valence-corrected chi connectivity index (χ1v) is 14.1. The van der Waals surface area contributed by atoms with Crippen LogP contribution in [0.4, 0.5) is 5.69 Å². The van der Waals surface area contributed by atoms with Crippen molar-refractivity contribution in [3.05, 3.63) is 65.7 Å². The molecule has 0 radical (unpaired) electrons. The predicted molar refractivity (Wildman–Crippen MR) is 142 cm³/mol. The molecule has 0 fully saturated rings. The first kappa shape index (κ1) is 28.4. The maximum Gasteiger partial charge on any atom is 0.243 e. The van der Waals surface area contributed by atoms with Crippen LogP contribution in [-0.2, 0) is 26.2 Å². The molecule has 2 unspecified atom stereocenters. The molecule has 2 aromatic rings. The van der Waals surface area contributed by atoms with Crippen LogP contribution in [0.5, 0.6) is 0 Å². The van der Waals surface area contributed by atoms with E-state index in [1.54, 1.807) is 17.0 Å². The molecule has 7 nitrogen and oxygen atoms in total. The number of nitrogens with zero attached hydrogens (tertiary/aromatic N) is 2. The van der Waals surface area contributed by atoms with Gasteiger partial charge in [0.25, 0.3) is 0 Å². The Morgan fingerprint density at radius 3 is 2.17 bits per heavy atom. The number of hydrogen-bond acceptors (Lipinski definition) is 4. The van der Waals surface area contributed by atoms with E-state index < -0.39 is 16.1 Å². The molecule has 2 rings (SSSR count). The number of para-hydroxylation sites is 1. The van der Waals surface area contributed by atoms with Crippen LogP contribution in [0, 0.1) is 6.92 Å². The molecular weight excluding hydrogens is 462 g/mol. The highest BCUT2D eigenvalue weighted by Crippen LogP contribution is 2.23. The van der Waals surface area contributed by atoms with Gasteiger partial charge in [-0.2, -0.15) is 0 Å². The summed E-state index contributed by atoms with van der Waals surface area (Å²) in [6.45, 7) is 8.21. The molecule has 0 spiro atoms. The van der Waals surface area contributed by atoms with Crippen molar-refractivity contribution in [2.24, 2.45) is 0 Å². The lowest BCUT2D eigenvalue weighted by Gasteiger charge is -2.32. The summed E-state index contributed by atoms with van der Waals surface area (Å²) in [5, 5.41) is 3.00. The van der Waals surface area contributed by atoms with Gasteiger partial charge in [-0.1, -0.05) is 62.4 Å². The van der Waals surface area contributed by atoms with Gasteiger partial charge < -0.3 is 10.2 Å². The lowest BCUT2D eigenvalue weighted by Crippen LogP contribution is -2.50. The Labute approximate surface area is 210 Å². The van der Waals surface area contributed by atoms with E-state index in [1.807, 2.05) is 70.2 Å². The topological polar surface area (TPSA) is 86.8 Å². The second-order valence-corrected chi connectivity index (χ2v) is 10.9. The highest BCUT2D eigenvalue weighted by atomic mass is 32.2. The van der Waals surface area contributed by atoms with Crippen molar-refractivity contribution < 1.29 is 18.0 Å². The molecule has 1 N–H and O–H groups in total. The average Bonchev–Trinajstić information content (AvgIpc) is 2.82. The summed E-state index contributed by atoms with van der Waals surface area (Å²) in [5.74, 6) is -0.331. The Hall–Kier alpha value is -2.87. The second kappa shape index (κ2) is 13.3. The minimum atomic E-state index is -3.51. The number of hydrogen-bond donors (Lipinski definition) is 1. The van der Waals surface area contributed by atoms with Crippen molar-refractivity contribution in [2.45, 2.75) is 72.0 Å². The van der Waals surface area contributed by atoms with Crippen LogP contribution in [0.1, 0.15) is 57.6 Å². The lowest BCUT2D eigenvalue weighted by atomic mass is 10.1. The minimum absolute atomic E-state index is 0.0164. The van der Waals surface area contributed by atoms with Crippen molar-refractivity contribution in [2.75, 3.05) is 17.1 Å². The Balaban J connectivity index is 2.20. The molecule has 0 heterocycles. The molecule has 8 heteroatoms. The van der Waals surface area contributed by atoms with Gasteiger partial charge in [-0.15, -0.1) is 0 Å². The van der Waals surface area contributed by atoms with E-state index in [9.17, 15) is 18.0 Å². The van der Waals surface area contributed by atoms with Crippen molar-refractivity contribution in [1.29, 1.82) is 0 Å². The molecule has 0 saturated heterocycles. The third-order valence-electron chi connectivity index (χ3n) is 6.12. The molecule has 0 saturated carbocycles. The summed E-state index contributed by atoms with van der Waals surface area (Å²) >= 11 is 0. The fraction of sp³-hybridized carbons (Fsp3) is 0.481. The van der Waals surface area contributed by atoms with E-state index >= 15 is 0 Å². The summed E-state index contributed by atoms with van der Waals surface area (Å²) in [6, 6.07) is 16.3. The standard InChI is InChI=1S/C27H39N3O4S/c1-6-22(4)28-27(32)24(7-2)29(20-23-15-9-8-10-16-23)26(31)18-13-19-30(35(5,33)34)25-17-12-11-14-21(25)3/h8-12,14-17,22,24H,6-7,13,18-20H2,1-5H3,(H,28,32). The first-order chi connectivity index (χ1) is 16.6. The number of sulfonamides is 1. The zero-order valence-electron chi connectivity index (χ0n) is 21.5. The quantitative estimate of drug-likeness (QED) is 0.444. The molecule has 0 aromatic heterocycles. The van der Waals surface area contributed by atoms with Gasteiger partial charge in [0, 0.05) is 25.6 Å². The van der Waals surface area contributed by atoms with E-state index in [1.165, 1.54) is 10.6 Å². The fourth-order valence-corrected chi connectivity index (χ4v) is 4.99. The van der Waals surface area contributed by atoms with Gasteiger partial charge in [0.15, 0.2) is 0 Å². The Kier molecular flexibility index (Phi) is 10.8. The second-order valence-electron chi connectivity index (χ2n) is 8.97. The zero-order valence-corrected chi connectivity index (χ0v) is 22.3. The fourth-order valence-electron chi connectivity index (χ4n) is 3.97. The third-order valence-corrected chi connectivity index (χ3v) is 7.30. The Bertz CT molecular complexity index is 1070. The summed E-state index contributed by atoms with van der Waals surface area (Å²) in [4.78, 5) is 28.1. The monoisotopic (exact) mass is 501 g/mol. The van der Waals surface area contributed by atoms with Crippen molar-refractivity contribution in [3.8, 4) is 0 Å². The number of nitrogens with one attached hydrogen (secondary N) is 1. The predicted octanol–water partition coefficient (Wildman–Crippen LogP) is 4.26. The van der Waals surface area contributed by atoms with E-state index in [-0.39, 0.29) is 30.8 Å². The van der Waals surface area contributed by atoms with Gasteiger partial charge in [0.05, 0.1) is 11.9 Å². The summed E-state index contributed by atoms with van der Waals surface area (Å²) in [6.07, 6.45) is 2.94. The van der Waals surface area contributed by atoms with Gasteiger partial charge in [-0.25, -0.2) is 8.42 Å². The highest BCUT2D eigenvalue weighted by Gasteiger charge is 2.29. The third kappa shape index (κ3) is 8.38. The molecule has 0 bridgehead atoms. The molecule has 192 valence electrons. The maximum atomic E-state index is 13.4. The number of aryl methyl sites for hydroxylation is 1. The van der Waals surface area contributed by atoms with E-state index in [0.717, 1.165) is 17.5 Å². The van der Waals surface area contributed by atoms with Gasteiger partial charge in [0.1, 0.15) is 6.04 Å². The molecule has 35 heavy (non-hydrogen) atoms. The van der Waals surface area contributed by atoms with Crippen LogP contribution >= 0.6 is 0 Å². The van der Waals surface area contributed by atoms with Crippen molar-refractivity contribution in [1.82, 2.24) is 10.2 Å². The number of carbonyl (C=O) groups excluding carboxylic acids is 2. The Morgan fingerprint density at radius 1 is 0.971 bits per heavy atom. The number of rotatable bonds is 13. The van der Waals surface area contributed by atoms with Crippen LogP contribution in [0.2, 0.25) is 0 Å². The summed E-state index contributed by atoms with van der Waals surface area (Å²) < 4.78 is 26.3. The number of amides is 2. The molecular formula is C27H39N3O4S. The molecule has 2 atom stereocenters. The zero-order chi connectivity index (χ0) is 26.0. The number of anilines is 1. The van der Waals surface area contributed by atoms with Gasteiger partial charge in [0.2, 0.25) is 21.8 Å². The van der Waals surface area contributed by atoms with Crippen LogP contribution in [0.15, 0.2) is 54.6 Å². The van der Waals surface area contributed by atoms with E-state index in [4.69, 9.17) is 0 Å². The smallest absolute Gasteiger partial charge is 0.243 e. The molecule has 0 aliphatic heterocycles. The lowest BCUT2D eigenvalue weighted by molar-refractivity contribution is -0.141. The largest absolute Gasteiger partial charge is 0.352 e. The van der Waals surface area contributed by atoms with Gasteiger partial charge in [-0.3, -0.25) is 13.9 Å². The molecule has 2 aromatic carbocycles. The molecule has 0 aliphatic rings. The van der Waals surface area contributed by atoms with Gasteiger partial charge >= 0.3 is 0 Å².